The number of carbonyl (C=O) groups excluding carboxylic acids is 1. The maximum absolute atomic E-state index is 12.1. The minimum absolute atomic E-state index is 0.246. The van der Waals surface area contributed by atoms with Crippen molar-refractivity contribution in [3.8, 4) is 11.1 Å². The van der Waals surface area contributed by atoms with E-state index < -0.39 is 0 Å². The van der Waals surface area contributed by atoms with Gasteiger partial charge < -0.3 is 5.32 Å². The lowest BCUT2D eigenvalue weighted by Gasteiger charge is -2.02. The summed E-state index contributed by atoms with van der Waals surface area (Å²) >= 11 is 0. The number of aromatic nitrogens is 1. The van der Waals surface area contributed by atoms with E-state index >= 15 is 0 Å². The molecular weight excluding hydrogens is 260 g/mol. The number of anilines is 1. The zero-order valence-corrected chi connectivity index (χ0v) is 11.2. The molecule has 0 aliphatic carbocycles. The van der Waals surface area contributed by atoms with Crippen molar-refractivity contribution in [3.63, 3.8) is 0 Å². The van der Waals surface area contributed by atoms with Crippen LogP contribution >= 0.6 is 0 Å². The first-order chi connectivity index (χ1) is 10.3. The molecule has 3 aromatic rings. The highest BCUT2D eigenvalue weighted by atomic mass is 16.1. The fraction of sp³-hybridized carbons (Fsp3) is 0. The quantitative estimate of drug-likeness (QED) is 0.791. The lowest BCUT2D eigenvalue weighted by molar-refractivity contribution is 0.102. The monoisotopic (exact) mass is 272 g/mol. The van der Waals surface area contributed by atoms with Crippen LogP contribution in [0.3, 0.4) is 0 Å². The number of amides is 1. The van der Waals surface area contributed by atoms with Gasteiger partial charge in [0.1, 0.15) is 5.82 Å². The highest BCUT2D eigenvalue weighted by molar-refractivity contribution is 6.03. The number of nitrogens with one attached hydrogen (secondary N) is 1. The molecule has 21 heavy (non-hydrogen) atoms. The van der Waals surface area contributed by atoms with Crippen molar-refractivity contribution in [3.05, 3.63) is 84.6 Å². The van der Waals surface area contributed by atoms with Gasteiger partial charge in [0, 0.05) is 11.8 Å². The Morgan fingerprint density at radius 2 is 1.71 bits per heavy atom. The summed E-state index contributed by atoms with van der Waals surface area (Å²) in [5.74, 6) is 0.271. The number of carbonyl (C=O) groups is 1. The van der Waals surface area contributed by atoms with E-state index in [0.717, 1.165) is 11.1 Å². The van der Waals surface area contributed by atoms with Crippen LogP contribution in [0.15, 0.2) is 66.9 Å². The van der Waals surface area contributed by atoms with Crippen molar-refractivity contribution >= 4 is 11.7 Å². The molecule has 0 fully saturated rings. The van der Waals surface area contributed by atoms with E-state index in [-0.39, 0.29) is 5.91 Å². The van der Waals surface area contributed by atoms with Crippen molar-refractivity contribution in [2.45, 2.75) is 0 Å². The smallest absolute Gasteiger partial charge is 0.265 e. The third kappa shape index (κ3) is 3.07. The average molecular weight is 272 g/mol. The molecule has 0 aliphatic rings. The topological polar surface area (TPSA) is 42.0 Å². The van der Waals surface area contributed by atoms with E-state index in [0.29, 0.717) is 11.4 Å². The molecule has 0 spiro atoms. The average Bonchev–Trinajstić information content (AvgIpc) is 2.57. The van der Waals surface area contributed by atoms with Crippen LogP contribution in [0.1, 0.15) is 10.4 Å². The molecule has 3 rings (SSSR count). The van der Waals surface area contributed by atoms with E-state index in [1.165, 1.54) is 0 Å². The largest absolute Gasteiger partial charge is 0.306 e. The second kappa shape index (κ2) is 5.89. The Morgan fingerprint density at radius 3 is 2.38 bits per heavy atom. The Hall–Kier alpha value is -3.12. The van der Waals surface area contributed by atoms with Gasteiger partial charge in [0.2, 0.25) is 0 Å². The first kappa shape index (κ1) is 12.9. The zero-order valence-electron chi connectivity index (χ0n) is 11.2. The highest BCUT2D eigenvalue weighted by Gasteiger charge is 2.06. The summed E-state index contributed by atoms with van der Waals surface area (Å²) in [6, 6.07) is 24.7. The van der Waals surface area contributed by atoms with E-state index in [4.69, 9.17) is 0 Å². The molecule has 3 nitrogen and oxygen atoms in total. The molecule has 0 unspecified atom stereocenters. The second-order valence-corrected chi connectivity index (χ2v) is 4.45. The first-order valence-corrected chi connectivity index (χ1v) is 6.55. The second-order valence-electron chi connectivity index (χ2n) is 4.45. The molecule has 1 aromatic heterocycles. The summed E-state index contributed by atoms with van der Waals surface area (Å²) in [5, 5.41) is 2.72. The Labute approximate surface area is 123 Å². The Kier molecular flexibility index (Phi) is 3.62. The van der Waals surface area contributed by atoms with Crippen LogP contribution < -0.4 is 5.32 Å². The number of pyridine rings is 1. The number of benzene rings is 1. The van der Waals surface area contributed by atoms with E-state index in [1.807, 2.05) is 42.5 Å². The van der Waals surface area contributed by atoms with Gasteiger partial charge in [-0.2, -0.15) is 0 Å². The zero-order chi connectivity index (χ0) is 14.5. The number of nitrogens with zero attached hydrogens (tertiary/aromatic N) is 1. The molecule has 1 heterocycles. The van der Waals surface area contributed by atoms with Gasteiger partial charge in [-0.05, 0) is 29.8 Å². The summed E-state index contributed by atoms with van der Waals surface area (Å²) in [6.45, 7) is 0. The van der Waals surface area contributed by atoms with Crippen molar-refractivity contribution in [2.75, 3.05) is 5.32 Å². The maximum atomic E-state index is 12.1. The molecule has 100 valence electrons. The third-order valence-corrected chi connectivity index (χ3v) is 2.98. The van der Waals surface area contributed by atoms with Crippen molar-refractivity contribution in [1.82, 2.24) is 4.98 Å². The molecule has 0 saturated carbocycles. The van der Waals surface area contributed by atoms with Crippen LogP contribution in [0.5, 0.6) is 0 Å². The number of hydrogen-bond acceptors (Lipinski definition) is 2. The minimum atomic E-state index is -0.246. The van der Waals surface area contributed by atoms with Crippen LogP contribution in [0, 0.1) is 12.1 Å². The summed E-state index contributed by atoms with van der Waals surface area (Å²) < 4.78 is 0. The molecule has 1 amide bonds. The molecule has 0 radical (unpaired) electrons. The maximum Gasteiger partial charge on any atom is 0.265 e. The SMILES string of the molecule is O=C(Nc1ccccn1)c1c#cc(-c2ccccc2)cc1. The van der Waals surface area contributed by atoms with Crippen molar-refractivity contribution in [1.29, 1.82) is 0 Å². The molecule has 0 aliphatic heterocycles. The molecule has 1 N–H and O–H groups in total. The lowest BCUT2D eigenvalue weighted by atomic mass is 10.1. The third-order valence-electron chi connectivity index (χ3n) is 2.98. The van der Waals surface area contributed by atoms with E-state index in [1.54, 1.807) is 24.4 Å². The van der Waals surface area contributed by atoms with Crippen LogP contribution in [-0.2, 0) is 0 Å². The van der Waals surface area contributed by atoms with Gasteiger partial charge in [0.25, 0.3) is 5.91 Å². The number of hydrogen-bond donors (Lipinski definition) is 1. The molecule has 2 aromatic carbocycles. The predicted octanol–water partition coefficient (Wildman–Crippen LogP) is 3.60. The summed E-state index contributed by atoms with van der Waals surface area (Å²) in [4.78, 5) is 16.1. The van der Waals surface area contributed by atoms with Crippen molar-refractivity contribution in [2.24, 2.45) is 0 Å². The minimum Gasteiger partial charge on any atom is -0.306 e. The van der Waals surface area contributed by atoms with Gasteiger partial charge in [0.05, 0.1) is 5.56 Å². The first-order valence-electron chi connectivity index (χ1n) is 6.55. The Balaban J connectivity index is 1.77. The van der Waals surface area contributed by atoms with Gasteiger partial charge in [-0.25, -0.2) is 4.98 Å². The van der Waals surface area contributed by atoms with Gasteiger partial charge in [0.15, 0.2) is 0 Å². The molecule has 3 heteroatoms. The van der Waals surface area contributed by atoms with Crippen LogP contribution in [0.25, 0.3) is 11.1 Å². The fourth-order valence-electron chi connectivity index (χ4n) is 1.92. The predicted molar refractivity (Wildman–Crippen MR) is 81.7 cm³/mol. The lowest BCUT2D eigenvalue weighted by Crippen LogP contribution is -2.12. The van der Waals surface area contributed by atoms with Crippen molar-refractivity contribution < 1.29 is 4.79 Å². The fourth-order valence-corrected chi connectivity index (χ4v) is 1.92. The molecule has 0 saturated heterocycles. The summed E-state index contributed by atoms with van der Waals surface area (Å²) in [6.07, 6.45) is 1.63. The molecular formula is C18H12N2O. The van der Waals surface area contributed by atoms with E-state index in [9.17, 15) is 4.79 Å². The van der Waals surface area contributed by atoms with Gasteiger partial charge in [-0.1, -0.05) is 48.5 Å². The van der Waals surface area contributed by atoms with Crippen LogP contribution in [-0.4, -0.2) is 10.9 Å². The Bertz CT molecular complexity index is 722. The number of rotatable bonds is 3. The Morgan fingerprint density at radius 1 is 0.905 bits per heavy atom. The van der Waals surface area contributed by atoms with Gasteiger partial charge in [-0.3, -0.25) is 4.79 Å². The highest BCUT2D eigenvalue weighted by Crippen LogP contribution is 2.16. The molecule has 0 bridgehead atoms. The summed E-state index contributed by atoms with van der Waals surface area (Å²) in [7, 11) is 0. The van der Waals surface area contributed by atoms with Gasteiger partial charge >= 0.3 is 0 Å². The molecule has 0 atom stereocenters. The standard InChI is InChI=1S/C18H12N2O/c21-18(20-17-8-4-5-13-19-17)16-11-9-15(10-12-16)14-6-2-1-3-7-14/h1-9,11,13H,(H,19,20,21). The van der Waals surface area contributed by atoms with E-state index in [2.05, 4.69) is 22.4 Å². The van der Waals surface area contributed by atoms with Gasteiger partial charge in [-0.15, -0.1) is 0 Å². The van der Waals surface area contributed by atoms with Crippen LogP contribution in [0.2, 0.25) is 0 Å². The normalized spacial score (nSPS) is 9.71. The summed E-state index contributed by atoms with van der Waals surface area (Å²) in [5.41, 5.74) is 2.38. The van der Waals surface area contributed by atoms with Crippen LogP contribution in [0.4, 0.5) is 5.82 Å².